The summed E-state index contributed by atoms with van der Waals surface area (Å²) in [5.41, 5.74) is -0.248. The van der Waals surface area contributed by atoms with Crippen molar-refractivity contribution in [2.24, 2.45) is 0 Å². The third-order valence-electron chi connectivity index (χ3n) is 2.16. The van der Waals surface area contributed by atoms with Gasteiger partial charge in [0.25, 0.3) is 0 Å². The molecule has 4 nitrogen and oxygen atoms in total. The molecule has 0 bridgehead atoms. The third kappa shape index (κ3) is 1.96. The van der Waals surface area contributed by atoms with E-state index < -0.39 is 5.63 Å². The van der Waals surface area contributed by atoms with Crippen LogP contribution in [-0.2, 0) is 6.42 Å². The minimum atomic E-state index is -0.525. The fourth-order valence-corrected chi connectivity index (χ4v) is 1.18. The molecule has 0 aliphatic heterocycles. The molecule has 0 aromatic carbocycles. The molecule has 14 heavy (non-hydrogen) atoms. The zero-order valence-electron chi connectivity index (χ0n) is 8.28. The van der Waals surface area contributed by atoms with Crippen molar-refractivity contribution in [1.29, 1.82) is 0 Å². The molecule has 2 N–H and O–H groups in total. The van der Waals surface area contributed by atoms with Crippen LogP contribution < -0.4 is 5.63 Å². The van der Waals surface area contributed by atoms with Crippen LogP contribution in [0, 0.1) is 0 Å². The molecular weight excluding hydrogens is 184 g/mol. The van der Waals surface area contributed by atoms with Gasteiger partial charge in [-0.15, -0.1) is 0 Å². The third-order valence-corrected chi connectivity index (χ3v) is 2.16. The van der Waals surface area contributed by atoms with E-state index in [9.17, 15) is 9.90 Å². The van der Waals surface area contributed by atoms with Crippen molar-refractivity contribution in [2.75, 3.05) is 6.61 Å². The SMILES string of the molecule is CCc1c(O)cc([C@@H](C)CO)oc1=O. The van der Waals surface area contributed by atoms with E-state index in [1.807, 2.05) is 0 Å². The Bertz CT molecular complexity index is 367. The van der Waals surface area contributed by atoms with Crippen molar-refractivity contribution in [1.82, 2.24) is 0 Å². The predicted octanol–water partition coefficient (Wildman–Crippen LogP) is 1.00. The maximum absolute atomic E-state index is 11.3. The maximum atomic E-state index is 11.3. The maximum Gasteiger partial charge on any atom is 0.342 e. The van der Waals surface area contributed by atoms with Gasteiger partial charge in [0, 0.05) is 12.0 Å². The van der Waals surface area contributed by atoms with Crippen LogP contribution in [0.25, 0.3) is 0 Å². The molecule has 0 fully saturated rings. The highest BCUT2D eigenvalue weighted by Gasteiger charge is 2.13. The number of hydrogen-bond donors (Lipinski definition) is 2. The molecule has 0 unspecified atom stereocenters. The highest BCUT2D eigenvalue weighted by molar-refractivity contribution is 5.30. The van der Waals surface area contributed by atoms with E-state index in [1.54, 1.807) is 13.8 Å². The first kappa shape index (κ1) is 10.8. The van der Waals surface area contributed by atoms with Gasteiger partial charge in [0.2, 0.25) is 0 Å². The fourth-order valence-electron chi connectivity index (χ4n) is 1.18. The molecule has 4 heteroatoms. The van der Waals surface area contributed by atoms with Crippen LogP contribution in [0.1, 0.15) is 31.1 Å². The normalized spacial score (nSPS) is 12.8. The van der Waals surface area contributed by atoms with Gasteiger partial charge in [-0.3, -0.25) is 0 Å². The van der Waals surface area contributed by atoms with E-state index in [2.05, 4.69) is 0 Å². The first-order valence-corrected chi connectivity index (χ1v) is 4.56. The van der Waals surface area contributed by atoms with Crippen LogP contribution in [0.2, 0.25) is 0 Å². The fraction of sp³-hybridized carbons (Fsp3) is 0.500. The monoisotopic (exact) mass is 198 g/mol. The lowest BCUT2D eigenvalue weighted by Gasteiger charge is -2.08. The Balaban J connectivity index is 3.21. The number of aliphatic hydroxyl groups excluding tert-OH is 1. The lowest BCUT2D eigenvalue weighted by molar-refractivity contribution is 0.252. The van der Waals surface area contributed by atoms with Gasteiger partial charge in [-0.05, 0) is 6.42 Å². The Labute approximate surface area is 81.8 Å². The van der Waals surface area contributed by atoms with Crippen molar-refractivity contribution in [3.05, 3.63) is 27.8 Å². The summed E-state index contributed by atoms with van der Waals surface area (Å²) in [7, 11) is 0. The number of rotatable bonds is 3. The summed E-state index contributed by atoms with van der Waals surface area (Å²) >= 11 is 0. The molecule has 1 atom stereocenters. The quantitative estimate of drug-likeness (QED) is 0.760. The zero-order valence-corrected chi connectivity index (χ0v) is 8.28. The standard InChI is InChI=1S/C10H14O4/c1-3-7-8(12)4-9(6(2)5-11)14-10(7)13/h4,6,11-12H,3,5H2,1-2H3/t6-/m0/s1. The van der Waals surface area contributed by atoms with E-state index in [0.717, 1.165) is 0 Å². The summed E-state index contributed by atoms with van der Waals surface area (Å²) < 4.78 is 4.96. The summed E-state index contributed by atoms with van der Waals surface area (Å²) in [5, 5.41) is 18.3. The average Bonchev–Trinajstić information content (AvgIpc) is 2.16. The van der Waals surface area contributed by atoms with Gasteiger partial charge in [-0.2, -0.15) is 0 Å². The molecule has 1 rings (SSSR count). The smallest absolute Gasteiger partial charge is 0.342 e. The molecule has 0 amide bonds. The Morgan fingerprint density at radius 1 is 1.57 bits per heavy atom. The second-order valence-electron chi connectivity index (χ2n) is 3.24. The number of aromatic hydroxyl groups is 1. The van der Waals surface area contributed by atoms with Crippen LogP contribution in [0.3, 0.4) is 0 Å². The van der Waals surface area contributed by atoms with Crippen LogP contribution in [0.5, 0.6) is 5.75 Å². The molecule has 1 aromatic heterocycles. The van der Waals surface area contributed by atoms with E-state index >= 15 is 0 Å². The van der Waals surface area contributed by atoms with Crippen LogP contribution >= 0.6 is 0 Å². The summed E-state index contributed by atoms with van der Waals surface area (Å²) in [6, 6.07) is 1.39. The average molecular weight is 198 g/mol. The van der Waals surface area contributed by atoms with Gasteiger partial charge in [0.1, 0.15) is 11.5 Å². The molecule has 0 spiro atoms. The predicted molar refractivity (Wildman–Crippen MR) is 51.5 cm³/mol. The largest absolute Gasteiger partial charge is 0.507 e. The zero-order chi connectivity index (χ0) is 10.7. The van der Waals surface area contributed by atoms with Gasteiger partial charge in [0.15, 0.2) is 0 Å². The molecule has 0 aliphatic carbocycles. The highest BCUT2D eigenvalue weighted by Crippen LogP contribution is 2.20. The molecule has 78 valence electrons. The minimum absolute atomic E-state index is 0.0564. The molecule has 0 radical (unpaired) electrons. The van der Waals surface area contributed by atoms with Crippen molar-refractivity contribution in [3.8, 4) is 5.75 Å². The van der Waals surface area contributed by atoms with Gasteiger partial charge in [-0.1, -0.05) is 13.8 Å². The van der Waals surface area contributed by atoms with Gasteiger partial charge >= 0.3 is 5.63 Å². The van der Waals surface area contributed by atoms with Crippen molar-refractivity contribution in [3.63, 3.8) is 0 Å². The number of aliphatic hydroxyl groups is 1. The second-order valence-corrected chi connectivity index (χ2v) is 3.24. The first-order chi connectivity index (χ1) is 6.60. The summed E-state index contributed by atoms with van der Waals surface area (Å²) in [6.07, 6.45) is 0.432. The molecular formula is C10H14O4. The molecule has 0 saturated heterocycles. The lowest BCUT2D eigenvalue weighted by atomic mass is 10.1. The molecule has 1 aromatic rings. The second kappa shape index (κ2) is 4.28. The summed E-state index contributed by atoms with van der Waals surface area (Å²) in [5.74, 6) is -0.0224. The van der Waals surface area contributed by atoms with Gasteiger partial charge < -0.3 is 14.6 Å². The van der Waals surface area contributed by atoms with Crippen LogP contribution in [0.4, 0.5) is 0 Å². The lowest BCUT2D eigenvalue weighted by Crippen LogP contribution is -2.10. The topological polar surface area (TPSA) is 70.7 Å². The van der Waals surface area contributed by atoms with Crippen LogP contribution in [0.15, 0.2) is 15.3 Å². The van der Waals surface area contributed by atoms with Crippen molar-refractivity contribution >= 4 is 0 Å². The van der Waals surface area contributed by atoms with E-state index in [-0.39, 0.29) is 23.8 Å². The summed E-state index contributed by atoms with van der Waals surface area (Å²) in [6.45, 7) is 3.36. The van der Waals surface area contributed by atoms with Gasteiger partial charge in [0.05, 0.1) is 12.2 Å². The minimum Gasteiger partial charge on any atom is -0.507 e. The Hall–Kier alpha value is -1.29. The Morgan fingerprint density at radius 2 is 2.21 bits per heavy atom. The van der Waals surface area contributed by atoms with Gasteiger partial charge in [-0.25, -0.2) is 4.79 Å². The first-order valence-electron chi connectivity index (χ1n) is 4.56. The molecule has 1 heterocycles. The van der Waals surface area contributed by atoms with E-state index in [1.165, 1.54) is 6.07 Å². The molecule has 0 aliphatic rings. The van der Waals surface area contributed by atoms with E-state index in [0.29, 0.717) is 12.2 Å². The van der Waals surface area contributed by atoms with Crippen LogP contribution in [-0.4, -0.2) is 16.8 Å². The van der Waals surface area contributed by atoms with Crippen molar-refractivity contribution < 1.29 is 14.6 Å². The Morgan fingerprint density at radius 3 is 2.64 bits per heavy atom. The Kier molecular flexibility index (Phi) is 3.30. The van der Waals surface area contributed by atoms with E-state index in [4.69, 9.17) is 9.52 Å². The highest BCUT2D eigenvalue weighted by atomic mass is 16.4. The summed E-state index contributed by atoms with van der Waals surface area (Å²) in [4.78, 5) is 11.3. The number of hydrogen-bond acceptors (Lipinski definition) is 4. The van der Waals surface area contributed by atoms with Crippen molar-refractivity contribution in [2.45, 2.75) is 26.2 Å². The molecule has 0 saturated carbocycles.